The first kappa shape index (κ1) is 14.5. The van der Waals surface area contributed by atoms with E-state index in [0.29, 0.717) is 6.42 Å². The van der Waals surface area contributed by atoms with Gasteiger partial charge in [0.05, 0.1) is 25.0 Å². The van der Waals surface area contributed by atoms with E-state index < -0.39 is 0 Å². The van der Waals surface area contributed by atoms with Crippen molar-refractivity contribution >= 4 is 12.1 Å². The minimum absolute atomic E-state index is 0.0694. The van der Waals surface area contributed by atoms with Crippen molar-refractivity contribution < 1.29 is 4.79 Å². The molecule has 0 atom stereocenters. The maximum Gasteiger partial charge on any atom is 0.247 e. The number of aromatic nitrogens is 6. The Bertz CT molecular complexity index is 457. The molecular weight excluding hydrogens is 248 g/mol. The van der Waals surface area contributed by atoms with E-state index in [2.05, 4.69) is 25.6 Å². The lowest BCUT2D eigenvalue weighted by Crippen LogP contribution is -2.13. The Morgan fingerprint density at radius 2 is 1.79 bits per heavy atom. The van der Waals surface area contributed by atoms with E-state index in [0.717, 1.165) is 0 Å². The largest absolute Gasteiger partial charge is 0.273 e. The molecule has 0 saturated carbocycles. The van der Waals surface area contributed by atoms with E-state index in [1.165, 1.54) is 9.81 Å². The summed E-state index contributed by atoms with van der Waals surface area (Å²) in [4.78, 5) is 11.9. The molecule has 0 fully saturated rings. The zero-order valence-corrected chi connectivity index (χ0v) is 11.1. The molecule has 0 N–H and O–H groups in total. The third-order valence-electron chi connectivity index (χ3n) is 1.96. The molecule has 1 aliphatic rings. The van der Waals surface area contributed by atoms with Crippen LogP contribution in [0, 0.1) is 0 Å². The molecule has 0 bridgehead atoms. The van der Waals surface area contributed by atoms with Crippen molar-refractivity contribution in [1.82, 2.24) is 35.0 Å². The van der Waals surface area contributed by atoms with E-state index in [-0.39, 0.29) is 5.91 Å². The molecular formula is C10H16N8O. The molecule has 0 saturated heterocycles. The van der Waals surface area contributed by atoms with Crippen LogP contribution in [0.4, 0.5) is 0 Å². The zero-order valence-electron chi connectivity index (χ0n) is 11.1. The molecule has 102 valence electrons. The second-order valence-electron chi connectivity index (χ2n) is 3.51. The fourth-order valence-corrected chi connectivity index (χ4v) is 0.988. The molecule has 3 rings (SSSR count). The SMILES string of the molecule is CN1N=CCC1=O.Cn1ccnn1.Cn1nccn1. The summed E-state index contributed by atoms with van der Waals surface area (Å²) in [5.74, 6) is 0.0694. The number of hydrogen-bond donors (Lipinski definition) is 0. The molecule has 2 aromatic heterocycles. The summed E-state index contributed by atoms with van der Waals surface area (Å²) >= 11 is 0. The van der Waals surface area contributed by atoms with Gasteiger partial charge >= 0.3 is 0 Å². The summed E-state index contributed by atoms with van der Waals surface area (Å²) in [7, 11) is 5.25. The van der Waals surface area contributed by atoms with Crippen LogP contribution >= 0.6 is 0 Å². The summed E-state index contributed by atoms with van der Waals surface area (Å²) in [5.41, 5.74) is 0. The normalized spacial score (nSPS) is 12.6. The molecule has 0 spiro atoms. The molecule has 2 aromatic rings. The second-order valence-corrected chi connectivity index (χ2v) is 3.51. The van der Waals surface area contributed by atoms with Crippen LogP contribution in [0.1, 0.15) is 6.42 Å². The summed E-state index contributed by atoms with van der Waals surface area (Å²) in [6.07, 6.45) is 8.76. The molecule has 1 amide bonds. The van der Waals surface area contributed by atoms with Gasteiger partial charge in [-0.15, -0.1) is 5.10 Å². The van der Waals surface area contributed by atoms with Gasteiger partial charge in [0.15, 0.2) is 0 Å². The van der Waals surface area contributed by atoms with Crippen LogP contribution in [-0.2, 0) is 18.9 Å². The summed E-state index contributed by atoms with van der Waals surface area (Å²) in [6.45, 7) is 0. The Morgan fingerprint density at radius 3 is 1.95 bits per heavy atom. The average molecular weight is 264 g/mol. The maximum absolute atomic E-state index is 10.4. The van der Waals surface area contributed by atoms with Crippen LogP contribution in [-0.4, -0.2) is 54.2 Å². The first-order chi connectivity index (χ1) is 9.09. The lowest BCUT2D eigenvalue weighted by Gasteiger charge is -1.98. The Labute approximate surface area is 110 Å². The van der Waals surface area contributed by atoms with Crippen LogP contribution in [0.5, 0.6) is 0 Å². The Hall–Kier alpha value is -2.58. The van der Waals surface area contributed by atoms with Crippen molar-refractivity contribution in [3.8, 4) is 0 Å². The average Bonchev–Trinajstić information content (AvgIpc) is 3.09. The van der Waals surface area contributed by atoms with Crippen LogP contribution in [0.2, 0.25) is 0 Å². The molecule has 1 aliphatic heterocycles. The number of carbonyl (C=O) groups is 1. The van der Waals surface area contributed by atoms with Gasteiger partial charge in [-0.2, -0.15) is 20.1 Å². The van der Waals surface area contributed by atoms with Crippen LogP contribution < -0.4 is 0 Å². The highest BCUT2D eigenvalue weighted by molar-refractivity contribution is 5.93. The highest BCUT2D eigenvalue weighted by Gasteiger charge is 2.09. The third-order valence-corrected chi connectivity index (χ3v) is 1.96. The smallest absolute Gasteiger partial charge is 0.247 e. The van der Waals surface area contributed by atoms with Gasteiger partial charge in [-0.1, -0.05) is 5.21 Å². The molecule has 3 heterocycles. The van der Waals surface area contributed by atoms with E-state index in [9.17, 15) is 4.79 Å². The van der Waals surface area contributed by atoms with E-state index >= 15 is 0 Å². The predicted molar refractivity (Wildman–Crippen MR) is 67.9 cm³/mol. The number of nitrogens with zero attached hydrogens (tertiary/aromatic N) is 8. The van der Waals surface area contributed by atoms with Gasteiger partial charge in [0, 0.05) is 33.6 Å². The minimum Gasteiger partial charge on any atom is -0.273 e. The number of rotatable bonds is 0. The van der Waals surface area contributed by atoms with Crippen molar-refractivity contribution in [2.75, 3.05) is 7.05 Å². The van der Waals surface area contributed by atoms with Gasteiger partial charge in [0.2, 0.25) is 5.91 Å². The van der Waals surface area contributed by atoms with Crippen LogP contribution in [0.3, 0.4) is 0 Å². The lowest BCUT2D eigenvalue weighted by molar-refractivity contribution is -0.127. The molecule has 9 nitrogen and oxygen atoms in total. The molecule has 9 heteroatoms. The van der Waals surface area contributed by atoms with Crippen molar-refractivity contribution in [1.29, 1.82) is 0 Å². The van der Waals surface area contributed by atoms with Crippen molar-refractivity contribution in [2.24, 2.45) is 19.2 Å². The van der Waals surface area contributed by atoms with Crippen molar-refractivity contribution in [3.63, 3.8) is 0 Å². The topological polar surface area (TPSA) is 94.1 Å². The van der Waals surface area contributed by atoms with Crippen molar-refractivity contribution in [2.45, 2.75) is 6.42 Å². The summed E-state index contributed by atoms with van der Waals surface area (Å²) in [6, 6.07) is 0. The van der Waals surface area contributed by atoms with Crippen molar-refractivity contribution in [3.05, 3.63) is 24.8 Å². The van der Waals surface area contributed by atoms with Crippen LogP contribution in [0.25, 0.3) is 0 Å². The monoisotopic (exact) mass is 264 g/mol. The number of hydrazone groups is 1. The van der Waals surface area contributed by atoms with Gasteiger partial charge < -0.3 is 0 Å². The second kappa shape index (κ2) is 7.69. The molecule has 0 unspecified atom stereocenters. The highest BCUT2D eigenvalue weighted by Crippen LogP contribution is 1.95. The highest BCUT2D eigenvalue weighted by atomic mass is 16.2. The maximum atomic E-state index is 10.4. The Morgan fingerprint density at radius 1 is 1.11 bits per heavy atom. The minimum atomic E-state index is 0.0694. The summed E-state index contributed by atoms with van der Waals surface area (Å²) < 4.78 is 1.64. The third kappa shape index (κ3) is 6.05. The number of aryl methyl sites for hydroxylation is 2. The van der Waals surface area contributed by atoms with Gasteiger partial charge in [-0.3, -0.25) is 9.48 Å². The van der Waals surface area contributed by atoms with Gasteiger partial charge in [0.1, 0.15) is 0 Å². The van der Waals surface area contributed by atoms with Crippen LogP contribution in [0.15, 0.2) is 29.9 Å². The van der Waals surface area contributed by atoms with E-state index in [1.807, 2.05) is 7.05 Å². The Kier molecular flexibility index (Phi) is 5.86. The van der Waals surface area contributed by atoms with E-state index in [4.69, 9.17) is 0 Å². The van der Waals surface area contributed by atoms with E-state index in [1.54, 1.807) is 49.8 Å². The fourth-order valence-electron chi connectivity index (χ4n) is 0.988. The first-order valence-corrected chi connectivity index (χ1v) is 5.49. The van der Waals surface area contributed by atoms with Gasteiger partial charge in [-0.05, 0) is 0 Å². The molecule has 0 aliphatic carbocycles. The summed E-state index contributed by atoms with van der Waals surface area (Å²) in [5, 5.41) is 19.6. The molecule has 19 heavy (non-hydrogen) atoms. The van der Waals surface area contributed by atoms with Gasteiger partial charge in [0.25, 0.3) is 0 Å². The first-order valence-electron chi connectivity index (χ1n) is 5.49. The van der Waals surface area contributed by atoms with Gasteiger partial charge in [-0.25, -0.2) is 5.01 Å². The lowest BCUT2D eigenvalue weighted by atomic mass is 10.5. The molecule has 0 aromatic carbocycles. The standard InChI is InChI=1S/C4H6N2O.2C3H5N3/c1-6-4(7)2-3-5-6;1-6-3-2-4-5-6;1-6-4-2-3-5-6/h3H,2H2,1H3;2*2-3H,1H3. The molecule has 0 radical (unpaired) electrons. The predicted octanol–water partition coefficient (Wildman–Crippen LogP) is -0.535. The number of amides is 1. The quantitative estimate of drug-likeness (QED) is 0.637. The fraction of sp³-hybridized carbons (Fsp3) is 0.400. The Balaban J connectivity index is 0.000000143. The number of hydrogen-bond acceptors (Lipinski definition) is 6. The zero-order chi connectivity index (χ0) is 14.1. The number of carbonyl (C=O) groups excluding carboxylic acids is 1.